The number of benzene rings is 2. The van der Waals surface area contributed by atoms with Crippen molar-refractivity contribution in [1.29, 1.82) is 0 Å². The third kappa shape index (κ3) is 4.40. The van der Waals surface area contributed by atoms with E-state index in [2.05, 4.69) is 15.4 Å². The molecule has 29 heavy (non-hydrogen) atoms. The maximum Gasteiger partial charge on any atom is 0.573 e. The minimum atomic E-state index is -4.79. The Morgan fingerprint density at radius 3 is 2.83 bits per heavy atom. The van der Waals surface area contributed by atoms with Crippen LogP contribution in [-0.2, 0) is 12.8 Å². The first-order valence-electron chi connectivity index (χ1n) is 9.17. The second kappa shape index (κ2) is 7.47. The summed E-state index contributed by atoms with van der Waals surface area (Å²) in [5.74, 6) is -0.133. The van der Waals surface area contributed by atoms with E-state index in [1.54, 1.807) is 6.07 Å². The van der Waals surface area contributed by atoms with Crippen LogP contribution in [0.2, 0.25) is 0 Å². The van der Waals surface area contributed by atoms with E-state index in [1.807, 2.05) is 12.1 Å². The SMILES string of the molecule is O=C(Nc1cccc2c1C[C@@H](O)C2)N[C@H]1CCOc2cc(OC(F)(F)F)ccc21. The van der Waals surface area contributed by atoms with E-state index in [0.29, 0.717) is 30.5 Å². The van der Waals surface area contributed by atoms with Gasteiger partial charge in [0, 0.05) is 30.2 Å². The van der Waals surface area contributed by atoms with E-state index in [9.17, 15) is 23.1 Å². The first-order valence-corrected chi connectivity index (χ1v) is 9.17. The van der Waals surface area contributed by atoms with Crippen LogP contribution < -0.4 is 20.1 Å². The Morgan fingerprint density at radius 2 is 2.03 bits per heavy atom. The highest BCUT2D eigenvalue weighted by Crippen LogP contribution is 2.36. The average Bonchev–Trinajstić information content (AvgIpc) is 3.02. The summed E-state index contributed by atoms with van der Waals surface area (Å²) >= 11 is 0. The Kier molecular flexibility index (Phi) is 4.99. The molecule has 2 amide bonds. The van der Waals surface area contributed by atoms with Gasteiger partial charge in [-0.3, -0.25) is 0 Å². The number of hydrogen-bond acceptors (Lipinski definition) is 4. The number of ether oxygens (including phenoxy) is 2. The van der Waals surface area contributed by atoms with Crippen molar-refractivity contribution in [3.05, 3.63) is 53.1 Å². The molecule has 1 aliphatic carbocycles. The van der Waals surface area contributed by atoms with Crippen molar-refractivity contribution in [2.45, 2.75) is 37.8 Å². The number of aliphatic hydroxyl groups excluding tert-OH is 1. The number of hydrogen-bond donors (Lipinski definition) is 3. The molecule has 2 aromatic carbocycles. The number of halogens is 3. The molecule has 0 bridgehead atoms. The predicted molar refractivity (Wildman–Crippen MR) is 98.0 cm³/mol. The predicted octanol–water partition coefficient (Wildman–Crippen LogP) is 3.69. The molecule has 4 rings (SSSR count). The molecule has 0 fully saturated rings. The van der Waals surface area contributed by atoms with E-state index < -0.39 is 24.5 Å². The smallest absolute Gasteiger partial charge is 0.493 e. The summed E-state index contributed by atoms with van der Waals surface area (Å²) in [7, 11) is 0. The number of urea groups is 1. The van der Waals surface area contributed by atoms with Gasteiger partial charge in [0.1, 0.15) is 11.5 Å². The lowest BCUT2D eigenvalue weighted by molar-refractivity contribution is -0.274. The Morgan fingerprint density at radius 1 is 1.21 bits per heavy atom. The summed E-state index contributed by atoms with van der Waals surface area (Å²) in [5.41, 5.74) is 3.13. The number of nitrogens with one attached hydrogen (secondary N) is 2. The minimum Gasteiger partial charge on any atom is -0.493 e. The summed E-state index contributed by atoms with van der Waals surface area (Å²) < 4.78 is 46.6. The topological polar surface area (TPSA) is 79.8 Å². The van der Waals surface area contributed by atoms with Gasteiger partial charge in [0.15, 0.2) is 0 Å². The summed E-state index contributed by atoms with van der Waals surface area (Å²) in [6.45, 7) is 0.250. The first kappa shape index (κ1) is 19.4. The monoisotopic (exact) mass is 408 g/mol. The van der Waals surface area contributed by atoms with E-state index in [-0.39, 0.29) is 18.1 Å². The summed E-state index contributed by atoms with van der Waals surface area (Å²) in [6.07, 6.45) is -3.72. The van der Waals surface area contributed by atoms with Gasteiger partial charge in [0.05, 0.1) is 18.8 Å². The third-order valence-corrected chi connectivity index (χ3v) is 4.98. The zero-order valence-corrected chi connectivity index (χ0v) is 15.3. The maximum absolute atomic E-state index is 12.5. The molecule has 154 valence electrons. The highest BCUT2D eigenvalue weighted by Gasteiger charge is 2.32. The van der Waals surface area contributed by atoms with Gasteiger partial charge in [-0.15, -0.1) is 13.2 Å². The Balaban J connectivity index is 1.46. The van der Waals surface area contributed by atoms with Crippen LogP contribution in [-0.4, -0.2) is 30.2 Å². The number of alkyl halides is 3. The van der Waals surface area contributed by atoms with Crippen molar-refractivity contribution in [2.24, 2.45) is 0 Å². The van der Waals surface area contributed by atoms with E-state index in [0.717, 1.165) is 11.1 Å². The standard InChI is InChI=1S/C20H19F3N2O4/c21-20(22,23)29-13-4-5-14-17(6-7-28-18(14)10-13)25-19(27)24-16-3-1-2-11-8-12(26)9-15(11)16/h1-5,10,12,17,26H,6-9H2,(H2,24,25,27)/t12-,17-/m0/s1. The molecular formula is C20H19F3N2O4. The van der Waals surface area contributed by atoms with Gasteiger partial charge in [-0.2, -0.15) is 0 Å². The second-order valence-electron chi connectivity index (χ2n) is 7.04. The molecule has 0 unspecified atom stereocenters. The quantitative estimate of drug-likeness (QED) is 0.724. The van der Waals surface area contributed by atoms with Crippen LogP contribution in [0.1, 0.15) is 29.2 Å². The maximum atomic E-state index is 12.5. The normalized spacial score (nSPS) is 20.3. The largest absolute Gasteiger partial charge is 0.573 e. The molecule has 3 N–H and O–H groups in total. The number of carbonyl (C=O) groups excluding carboxylic acids is 1. The van der Waals surface area contributed by atoms with Crippen molar-refractivity contribution < 1.29 is 32.5 Å². The molecule has 2 atom stereocenters. The number of amides is 2. The summed E-state index contributed by atoms with van der Waals surface area (Å²) in [6, 6.07) is 8.47. The van der Waals surface area contributed by atoms with E-state index in [4.69, 9.17) is 4.74 Å². The van der Waals surface area contributed by atoms with Crippen molar-refractivity contribution in [2.75, 3.05) is 11.9 Å². The zero-order chi connectivity index (χ0) is 20.6. The van der Waals surface area contributed by atoms with Crippen molar-refractivity contribution >= 4 is 11.7 Å². The molecule has 0 spiro atoms. The fraction of sp³-hybridized carbons (Fsp3) is 0.350. The molecule has 0 radical (unpaired) electrons. The summed E-state index contributed by atoms with van der Waals surface area (Å²) in [5, 5.41) is 15.5. The van der Waals surface area contributed by atoms with Gasteiger partial charge in [-0.05, 0) is 35.7 Å². The van der Waals surface area contributed by atoms with Gasteiger partial charge < -0.3 is 25.2 Å². The molecule has 2 aliphatic rings. The lowest BCUT2D eigenvalue weighted by atomic mass is 10.0. The van der Waals surface area contributed by atoms with Crippen molar-refractivity contribution in [1.82, 2.24) is 5.32 Å². The van der Waals surface area contributed by atoms with Crippen molar-refractivity contribution in [3.8, 4) is 11.5 Å². The number of fused-ring (bicyclic) bond motifs is 2. The lowest BCUT2D eigenvalue weighted by Crippen LogP contribution is -2.35. The Bertz CT molecular complexity index is 932. The molecule has 0 aromatic heterocycles. The fourth-order valence-electron chi connectivity index (χ4n) is 3.78. The minimum absolute atomic E-state index is 0.243. The van der Waals surface area contributed by atoms with Gasteiger partial charge in [-0.1, -0.05) is 12.1 Å². The first-order chi connectivity index (χ1) is 13.8. The Labute approximate surface area is 164 Å². The molecule has 6 nitrogen and oxygen atoms in total. The van der Waals surface area contributed by atoms with E-state index in [1.165, 1.54) is 18.2 Å². The number of anilines is 1. The molecule has 1 heterocycles. The van der Waals surface area contributed by atoms with E-state index >= 15 is 0 Å². The van der Waals surface area contributed by atoms with Gasteiger partial charge >= 0.3 is 12.4 Å². The van der Waals surface area contributed by atoms with Crippen molar-refractivity contribution in [3.63, 3.8) is 0 Å². The second-order valence-corrected chi connectivity index (χ2v) is 7.04. The molecule has 0 saturated carbocycles. The van der Waals surface area contributed by atoms with Crippen LogP contribution in [0.25, 0.3) is 0 Å². The number of carbonyl (C=O) groups is 1. The molecule has 9 heteroatoms. The highest BCUT2D eigenvalue weighted by molar-refractivity contribution is 5.90. The van der Waals surface area contributed by atoms with Gasteiger partial charge in [0.25, 0.3) is 0 Å². The number of rotatable bonds is 3. The van der Waals surface area contributed by atoms with Gasteiger partial charge in [-0.25, -0.2) is 4.79 Å². The Hall–Kier alpha value is -2.94. The zero-order valence-electron chi connectivity index (χ0n) is 15.3. The highest BCUT2D eigenvalue weighted by atomic mass is 19.4. The van der Waals surface area contributed by atoms with Crippen LogP contribution in [0.5, 0.6) is 11.5 Å². The molecule has 0 saturated heterocycles. The van der Waals surface area contributed by atoms with Crippen LogP contribution >= 0.6 is 0 Å². The fourth-order valence-corrected chi connectivity index (χ4v) is 3.78. The molecule has 2 aromatic rings. The molecule has 1 aliphatic heterocycles. The van der Waals surface area contributed by atoms with Crippen LogP contribution in [0.15, 0.2) is 36.4 Å². The summed E-state index contributed by atoms with van der Waals surface area (Å²) in [4.78, 5) is 12.5. The van der Waals surface area contributed by atoms with Crippen LogP contribution in [0.3, 0.4) is 0 Å². The lowest BCUT2D eigenvalue weighted by Gasteiger charge is -2.27. The van der Waals surface area contributed by atoms with Crippen LogP contribution in [0, 0.1) is 0 Å². The molecular weight excluding hydrogens is 389 g/mol. The van der Waals surface area contributed by atoms with Gasteiger partial charge in [0.2, 0.25) is 0 Å². The average molecular weight is 408 g/mol. The van der Waals surface area contributed by atoms with Crippen LogP contribution in [0.4, 0.5) is 23.7 Å². The third-order valence-electron chi connectivity index (χ3n) is 4.98. The number of aliphatic hydroxyl groups is 1.